The van der Waals surface area contributed by atoms with Gasteiger partial charge in [0, 0.05) is 42.5 Å². The zero-order chi connectivity index (χ0) is 18.8. The molecule has 1 unspecified atom stereocenters. The lowest BCUT2D eigenvalue weighted by atomic mass is 10.1. The van der Waals surface area contributed by atoms with Gasteiger partial charge >= 0.3 is 6.03 Å². The molecule has 0 radical (unpaired) electrons. The van der Waals surface area contributed by atoms with Crippen LogP contribution in [-0.4, -0.2) is 34.7 Å². The summed E-state index contributed by atoms with van der Waals surface area (Å²) in [6.45, 7) is 3.48. The van der Waals surface area contributed by atoms with E-state index in [1.807, 2.05) is 31.2 Å². The van der Waals surface area contributed by atoms with Crippen molar-refractivity contribution >= 4 is 17.6 Å². The van der Waals surface area contributed by atoms with Gasteiger partial charge in [-0.05, 0) is 37.5 Å². The lowest BCUT2D eigenvalue weighted by Crippen LogP contribution is -2.30. The minimum Gasteiger partial charge on any atom is -0.344 e. The molecule has 0 spiro atoms. The van der Waals surface area contributed by atoms with Crippen molar-refractivity contribution in [2.45, 2.75) is 44.8 Å². The fourth-order valence-corrected chi connectivity index (χ4v) is 3.20. The Kier molecular flexibility index (Phi) is 4.81. The lowest BCUT2D eigenvalue weighted by Gasteiger charge is -2.16. The van der Waals surface area contributed by atoms with E-state index in [2.05, 4.69) is 31.5 Å². The van der Waals surface area contributed by atoms with Crippen molar-refractivity contribution in [2.75, 3.05) is 11.9 Å². The number of nitrogens with zero attached hydrogens (tertiary/aromatic N) is 1. The molecule has 2 aliphatic rings. The van der Waals surface area contributed by atoms with E-state index in [-0.39, 0.29) is 18.0 Å². The Hall–Kier alpha value is -2.87. The highest BCUT2D eigenvalue weighted by molar-refractivity contribution is 5.94. The number of hydrogen-bond donors (Lipinski definition) is 5. The molecule has 5 N–H and O–H groups in total. The number of hydrogen-bond acceptors (Lipinski definition) is 4. The first kappa shape index (κ1) is 17.5. The Labute approximate surface area is 157 Å². The van der Waals surface area contributed by atoms with E-state index in [1.54, 1.807) is 0 Å². The number of H-pyrrole nitrogens is 1. The van der Waals surface area contributed by atoms with Crippen molar-refractivity contribution < 1.29 is 9.59 Å². The topological polar surface area (TPSA) is 111 Å². The highest BCUT2D eigenvalue weighted by Gasteiger charge is 2.24. The molecule has 0 bridgehead atoms. The molecule has 1 aliphatic heterocycles. The molecule has 1 aromatic heterocycles. The molecule has 1 atom stereocenters. The molecular formula is C19H24N6O2. The zero-order valence-corrected chi connectivity index (χ0v) is 15.3. The molecule has 8 nitrogen and oxygen atoms in total. The summed E-state index contributed by atoms with van der Waals surface area (Å²) in [4.78, 5) is 24.4. The standard InChI is InChI=1S/C19H24N6O2/c1-11(21-18(26)17-15-10-20-9-8-16(15)24-25-17)12-2-4-13(5-3-12)22-19(27)23-14-6-7-14/h2-5,11,14,20H,6-10H2,1H3,(H,21,26)(H,24,25)(H2,22,23,27). The molecule has 2 heterocycles. The van der Waals surface area contributed by atoms with Gasteiger partial charge in [0.25, 0.3) is 5.91 Å². The van der Waals surface area contributed by atoms with Crippen molar-refractivity contribution in [2.24, 2.45) is 0 Å². The fourth-order valence-electron chi connectivity index (χ4n) is 3.20. The van der Waals surface area contributed by atoms with Crippen LogP contribution in [-0.2, 0) is 13.0 Å². The van der Waals surface area contributed by atoms with Gasteiger partial charge in [0.15, 0.2) is 5.69 Å². The van der Waals surface area contributed by atoms with Crippen LogP contribution >= 0.6 is 0 Å². The Morgan fingerprint density at radius 2 is 2.00 bits per heavy atom. The van der Waals surface area contributed by atoms with Crippen LogP contribution in [0.25, 0.3) is 0 Å². The number of fused-ring (bicyclic) bond motifs is 1. The molecule has 27 heavy (non-hydrogen) atoms. The first-order valence-corrected chi connectivity index (χ1v) is 9.35. The maximum absolute atomic E-state index is 12.6. The molecule has 1 aromatic carbocycles. The average molecular weight is 368 g/mol. The zero-order valence-electron chi connectivity index (χ0n) is 15.3. The third-order valence-corrected chi connectivity index (χ3v) is 4.95. The van der Waals surface area contributed by atoms with Gasteiger partial charge in [-0.1, -0.05) is 12.1 Å². The molecule has 8 heteroatoms. The second kappa shape index (κ2) is 7.40. The minimum absolute atomic E-state index is 0.171. The highest BCUT2D eigenvalue weighted by Crippen LogP contribution is 2.20. The number of amides is 3. The summed E-state index contributed by atoms with van der Waals surface area (Å²) in [6.07, 6.45) is 2.96. The van der Waals surface area contributed by atoms with E-state index >= 15 is 0 Å². The van der Waals surface area contributed by atoms with Crippen LogP contribution in [0, 0.1) is 0 Å². The average Bonchev–Trinajstić information content (AvgIpc) is 3.36. The van der Waals surface area contributed by atoms with Crippen molar-refractivity contribution in [3.05, 3.63) is 46.8 Å². The highest BCUT2D eigenvalue weighted by atomic mass is 16.2. The van der Waals surface area contributed by atoms with Crippen molar-refractivity contribution in [3.8, 4) is 0 Å². The summed E-state index contributed by atoms with van der Waals surface area (Å²) >= 11 is 0. The van der Waals surface area contributed by atoms with Gasteiger partial charge in [-0.3, -0.25) is 9.89 Å². The van der Waals surface area contributed by atoms with E-state index in [9.17, 15) is 9.59 Å². The van der Waals surface area contributed by atoms with Crippen LogP contribution in [0.2, 0.25) is 0 Å². The van der Waals surface area contributed by atoms with E-state index in [0.717, 1.165) is 48.3 Å². The van der Waals surface area contributed by atoms with Gasteiger partial charge in [-0.25, -0.2) is 4.79 Å². The fraction of sp³-hybridized carbons (Fsp3) is 0.421. The van der Waals surface area contributed by atoms with E-state index in [0.29, 0.717) is 18.3 Å². The monoisotopic (exact) mass is 368 g/mol. The van der Waals surface area contributed by atoms with E-state index in [1.165, 1.54) is 0 Å². The largest absolute Gasteiger partial charge is 0.344 e. The summed E-state index contributed by atoms with van der Waals surface area (Å²) in [5.41, 5.74) is 4.12. The van der Waals surface area contributed by atoms with Crippen LogP contribution in [0.4, 0.5) is 10.5 Å². The molecule has 142 valence electrons. The van der Waals surface area contributed by atoms with Gasteiger partial charge in [0.1, 0.15) is 0 Å². The molecular weight excluding hydrogens is 344 g/mol. The van der Waals surface area contributed by atoms with Crippen LogP contribution < -0.4 is 21.3 Å². The summed E-state index contributed by atoms with van der Waals surface area (Å²) in [5.74, 6) is -0.185. The molecule has 1 fully saturated rings. The van der Waals surface area contributed by atoms with Crippen LogP contribution in [0.5, 0.6) is 0 Å². The van der Waals surface area contributed by atoms with E-state index < -0.39 is 0 Å². The van der Waals surface area contributed by atoms with Crippen molar-refractivity contribution in [3.63, 3.8) is 0 Å². The number of benzene rings is 1. The first-order chi connectivity index (χ1) is 13.1. The SMILES string of the molecule is CC(NC(=O)c1n[nH]c2c1CNCC2)c1ccc(NC(=O)NC2CC2)cc1. The number of aromatic nitrogens is 2. The van der Waals surface area contributed by atoms with Crippen molar-refractivity contribution in [1.29, 1.82) is 0 Å². The van der Waals surface area contributed by atoms with Gasteiger partial charge in [0.2, 0.25) is 0 Å². The van der Waals surface area contributed by atoms with Gasteiger partial charge < -0.3 is 21.3 Å². The van der Waals surface area contributed by atoms with E-state index in [4.69, 9.17) is 0 Å². The number of anilines is 1. The van der Waals surface area contributed by atoms with Gasteiger partial charge in [-0.2, -0.15) is 5.10 Å². The number of aromatic amines is 1. The predicted molar refractivity (Wildman–Crippen MR) is 101 cm³/mol. The third-order valence-electron chi connectivity index (χ3n) is 4.95. The third kappa shape index (κ3) is 4.11. The summed E-state index contributed by atoms with van der Waals surface area (Å²) < 4.78 is 0. The second-order valence-corrected chi connectivity index (χ2v) is 7.15. The minimum atomic E-state index is -0.185. The van der Waals surface area contributed by atoms with Gasteiger partial charge in [0.05, 0.1) is 6.04 Å². The Balaban J connectivity index is 1.36. The number of carbonyl (C=O) groups excluding carboxylic acids is 2. The first-order valence-electron chi connectivity index (χ1n) is 9.35. The van der Waals surface area contributed by atoms with Crippen LogP contribution in [0.3, 0.4) is 0 Å². The number of carbonyl (C=O) groups is 2. The summed E-state index contributed by atoms with van der Waals surface area (Å²) in [5, 5.41) is 19.1. The second-order valence-electron chi connectivity index (χ2n) is 7.15. The molecule has 2 aromatic rings. The molecule has 1 saturated carbocycles. The normalized spacial score (nSPS) is 16.9. The summed E-state index contributed by atoms with van der Waals surface area (Å²) in [7, 11) is 0. The lowest BCUT2D eigenvalue weighted by molar-refractivity contribution is 0.0933. The number of urea groups is 1. The summed E-state index contributed by atoms with van der Waals surface area (Å²) in [6, 6.07) is 7.45. The predicted octanol–water partition coefficient (Wildman–Crippen LogP) is 1.83. The molecule has 3 amide bonds. The number of rotatable bonds is 5. The maximum Gasteiger partial charge on any atom is 0.319 e. The quantitative estimate of drug-likeness (QED) is 0.554. The Morgan fingerprint density at radius 3 is 2.74 bits per heavy atom. The van der Waals surface area contributed by atoms with Gasteiger partial charge in [-0.15, -0.1) is 0 Å². The Bertz CT molecular complexity index is 840. The van der Waals surface area contributed by atoms with Crippen LogP contribution in [0.1, 0.15) is 53.1 Å². The molecule has 1 aliphatic carbocycles. The maximum atomic E-state index is 12.6. The molecule has 4 rings (SSSR count). The van der Waals surface area contributed by atoms with Crippen molar-refractivity contribution in [1.82, 2.24) is 26.1 Å². The molecule has 0 saturated heterocycles. The smallest absolute Gasteiger partial charge is 0.319 e. The van der Waals surface area contributed by atoms with Crippen LogP contribution in [0.15, 0.2) is 24.3 Å². The Morgan fingerprint density at radius 1 is 1.22 bits per heavy atom. The number of nitrogens with one attached hydrogen (secondary N) is 5.